The Kier molecular flexibility index (Phi) is 1.80. The van der Waals surface area contributed by atoms with Crippen molar-refractivity contribution in [2.45, 2.75) is 32.4 Å². The van der Waals surface area contributed by atoms with E-state index in [2.05, 4.69) is 15.5 Å². The number of hydrogen-bond acceptors (Lipinski definition) is 4. The Morgan fingerprint density at radius 1 is 1.67 bits per heavy atom. The van der Waals surface area contributed by atoms with Gasteiger partial charge in [0.1, 0.15) is 0 Å². The first-order valence-corrected chi connectivity index (χ1v) is 4.29. The fourth-order valence-electron chi connectivity index (χ4n) is 1.21. The molecule has 5 heteroatoms. The van der Waals surface area contributed by atoms with E-state index in [1.54, 1.807) is 0 Å². The van der Waals surface area contributed by atoms with Crippen molar-refractivity contribution in [1.82, 2.24) is 20.2 Å². The Hall–Kier alpha value is -0.970. The summed E-state index contributed by atoms with van der Waals surface area (Å²) in [5.41, 5.74) is 5.69. The highest BCUT2D eigenvalue weighted by molar-refractivity contribution is 4.89. The summed E-state index contributed by atoms with van der Waals surface area (Å²) in [6, 6.07) is -0.0706. The molecule has 0 amide bonds. The van der Waals surface area contributed by atoms with Crippen molar-refractivity contribution in [3.63, 3.8) is 0 Å². The van der Waals surface area contributed by atoms with Gasteiger partial charge < -0.3 is 5.73 Å². The summed E-state index contributed by atoms with van der Waals surface area (Å²) in [6.45, 7) is 2.83. The standard InChI is InChI=1S/C7H13N5/c1-5(8)7-9-10-11-12(7)4-6-2-3-6/h5-6H,2-4,8H2,1H3. The van der Waals surface area contributed by atoms with E-state index in [1.807, 2.05) is 11.6 Å². The zero-order chi connectivity index (χ0) is 8.55. The third-order valence-electron chi connectivity index (χ3n) is 2.09. The van der Waals surface area contributed by atoms with Crippen LogP contribution in [0.5, 0.6) is 0 Å². The molecule has 1 unspecified atom stereocenters. The number of rotatable bonds is 3. The van der Waals surface area contributed by atoms with Gasteiger partial charge in [0.2, 0.25) is 0 Å². The molecule has 1 fully saturated rings. The summed E-state index contributed by atoms with van der Waals surface area (Å²) < 4.78 is 1.82. The van der Waals surface area contributed by atoms with E-state index in [0.717, 1.165) is 18.3 Å². The van der Waals surface area contributed by atoms with Crippen LogP contribution in [0.2, 0.25) is 0 Å². The molecule has 12 heavy (non-hydrogen) atoms. The molecular formula is C7H13N5. The van der Waals surface area contributed by atoms with Crippen molar-refractivity contribution in [1.29, 1.82) is 0 Å². The van der Waals surface area contributed by atoms with Crippen molar-refractivity contribution in [3.8, 4) is 0 Å². The van der Waals surface area contributed by atoms with Gasteiger partial charge in [-0.05, 0) is 36.1 Å². The second-order valence-corrected chi connectivity index (χ2v) is 3.45. The zero-order valence-corrected chi connectivity index (χ0v) is 7.14. The summed E-state index contributed by atoms with van der Waals surface area (Å²) >= 11 is 0. The Labute approximate surface area is 70.9 Å². The summed E-state index contributed by atoms with van der Waals surface area (Å²) in [6.07, 6.45) is 2.61. The van der Waals surface area contributed by atoms with Gasteiger partial charge in [-0.2, -0.15) is 0 Å². The van der Waals surface area contributed by atoms with Gasteiger partial charge in [-0.3, -0.25) is 0 Å². The number of nitrogens with two attached hydrogens (primary N) is 1. The van der Waals surface area contributed by atoms with Crippen LogP contribution in [-0.4, -0.2) is 20.2 Å². The Balaban J connectivity index is 2.11. The summed E-state index contributed by atoms with van der Waals surface area (Å²) in [5, 5.41) is 11.4. The molecule has 1 atom stereocenters. The third kappa shape index (κ3) is 1.45. The van der Waals surface area contributed by atoms with E-state index >= 15 is 0 Å². The third-order valence-corrected chi connectivity index (χ3v) is 2.09. The van der Waals surface area contributed by atoms with E-state index < -0.39 is 0 Å². The largest absolute Gasteiger partial charge is 0.322 e. The van der Waals surface area contributed by atoms with Gasteiger partial charge in [-0.15, -0.1) is 5.10 Å². The molecular weight excluding hydrogens is 154 g/mol. The van der Waals surface area contributed by atoms with Crippen molar-refractivity contribution < 1.29 is 0 Å². The van der Waals surface area contributed by atoms with Gasteiger partial charge in [0.05, 0.1) is 6.04 Å². The van der Waals surface area contributed by atoms with Crippen LogP contribution in [-0.2, 0) is 6.54 Å². The molecule has 5 nitrogen and oxygen atoms in total. The van der Waals surface area contributed by atoms with E-state index in [0.29, 0.717) is 0 Å². The van der Waals surface area contributed by atoms with Crippen LogP contribution in [0.1, 0.15) is 31.6 Å². The number of hydrogen-bond donors (Lipinski definition) is 1. The number of nitrogens with zero attached hydrogens (tertiary/aromatic N) is 4. The van der Waals surface area contributed by atoms with Crippen molar-refractivity contribution >= 4 is 0 Å². The van der Waals surface area contributed by atoms with Gasteiger partial charge in [-0.25, -0.2) is 4.68 Å². The maximum Gasteiger partial charge on any atom is 0.167 e. The number of aromatic nitrogens is 4. The van der Waals surface area contributed by atoms with Gasteiger partial charge in [0.15, 0.2) is 5.82 Å². The molecule has 1 aromatic rings. The first-order valence-electron chi connectivity index (χ1n) is 4.29. The monoisotopic (exact) mass is 167 g/mol. The van der Waals surface area contributed by atoms with Crippen molar-refractivity contribution in [2.24, 2.45) is 11.7 Å². The van der Waals surface area contributed by atoms with E-state index in [1.165, 1.54) is 12.8 Å². The zero-order valence-electron chi connectivity index (χ0n) is 7.14. The van der Waals surface area contributed by atoms with Crippen molar-refractivity contribution in [2.75, 3.05) is 0 Å². The highest BCUT2D eigenvalue weighted by atomic mass is 15.5. The lowest BCUT2D eigenvalue weighted by Crippen LogP contribution is -2.15. The lowest BCUT2D eigenvalue weighted by atomic mass is 10.3. The molecule has 1 aliphatic carbocycles. The second-order valence-electron chi connectivity index (χ2n) is 3.45. The molecule has 0 spiro atoms. The maximum atomic E-state index is 5.69. The SMILES string of the molecule is CC(N)c1nnnn1CC1CC1. The van der Waals surface area contributed by atoms with E-state index in [9.17, 15) is 0 Å². The number of tetrazole rings is 1. The lowest BCUT2D eigenvalue weighted by Gasteiger charge is -2.04. The average molecular weight is 167 g/mol. The predicted octanol–water partition coefficient (Wildman–Crippen LogP) is 0.103. The van der Waals surface area contributed by atoms with Crippen LogP contribution in [0.25, 0.3) is 0 Å². The Bertz CT molecular complexity index is 263. The van der Waals surface area contributed by atoms with Crippen LogP contribution in [0.3, 0.4) is 0 Å². The molecule has 0 aliphatic heterocycles. The summed E-state index contributed by atoms with van der Waals surface area (Å²) in [5.74, 6) is 1.58. The molecule has 0 saturated heterocycles. The van der Waals surface area contributed by atoms with E-state index in [-0.39, 0.29) is 6.04 Å². The summed E-state index contributed by atoms with van der Waals surface area (Å²) in [4.78, 5) is 0. The van der Waals surface area contributed by atoms with Gasteiger partial charge >= 0.3 is 0 Å². The first-order chi connectivity index (χ1) is 5.77. The van der Waals surface area contributed by atoms with Crippen LogP contribution < -0.4 is 5.73 Å². The maximum absolute atomic E-state index is 5.69. The molecule has 2 N–H and O–H groups in total. The minimum atomic E-state index is -0.0706. The molecule has 66 valence electrons. The van der Waals surface area contributed by atoms with Crippen LogP contribution >= 0.6 is 0 Å². The normalized spacial score (nSPS) is 19.5. The summed E-state index contributed by atoms with van der Waals surface area (Å²) in [7, 11) is 0. The minimum absolute atomic E-state index is 0.0706. The van der Waals surface area contributed by atoms with E-state index in [4.69, 9.17) is 5.73 Å². The smallest absolute Gasteiger partial charge is 0.167 e. The van der Waals surface area contributed by atoms with Crippen LogP contribution in [0.15, 0.2) is 0 Å². The molecule has 1 aliphatic rings. The highest BCUT2D eigenvalue weighted by Crippen LogP contribution is 2.30. The molecule has 2 rings (SSSR count). The molecule has 1 heterocycles. The molecule has 0 bridgehead atoms. The van der Waals surface area contributed by atoms with Gasteiger partial charge in [-0.1, -0.05) is 0 Å². The average Bonchev–Trinajstić information content (AvgIpc) is 2.66. The van der Waals surface area contributed by atoms with Crippen LogP contribution in [0, 0.1) is 5.92 Å². The Morgan fingerprint density at radius 2 is 2.42 bits per heavy atom. The minimum Gasteiger partial charge on any atom is -0.322 e. The topological polar surface area (TPSA) is 69.6 Å². The molecule has 0 aromatic carbocycles. The highest BCUT2D eigenvalue weighted by Gasteiger charge is 2.24. The van der Waals surface area contributed by atoms with Crippen LogP contribution in [0.4, 0.5) is 0 Å². The quantitative estimate of drug-likeness (QED) is 0.693. The first kappa shape index (κ1) is 7.67. The van der Waals surface area contributed by atoms with Crippen molar-refractivity contribution in [3.05, 3.63) is 5.82 Å². The molecule has 0 radical (unpaired) electrons. The predicted molar refractivity (Wildman–Crippen MR) is 43.1 cm³/mol. The fraction of sp³-hybridized carbons (Fsp3) is 0.857. The van der Waals surface area contributed by atoms with Gasteiger partial charge in [0, 0.05) is 6.54 Å². The fourth-order valence-corrected chi connectivity index (χ4v) is 1.21. The molecule has 1 saturated carbocycles. The second kappa shape index (κ2) is 2.82. The Morgan fingerprint density at radius 3 is 3.00 bits per heavy atom. The van der Waals surface area contributed by atoms with Gasteiger partial charge in [0.25, 0.3) is 0 Å². The molecule has 1 aromatic heterocycles. The lowest BCUT2D eigenvalue weighted by molar-refractivity contribution is 0.508.